The van der Waals surface area contributed by atoms with E-state index in [1.807, 2.05) is 45.1 Å². The molecule has 0 aliphatic heterocycles. The number of aromatic nitrogens is 1. The number of nitrogens with zero attached hydrogens (tertiary/aromatic N) is 2. The van der Waals surface area contributed by atoms with Crippen LogP contribution in [0.15, 0.2) is 18.3 Å². The Hall–Kier alpha value is -1.05. The molecule has 0 atom stereocenters. The molecule has 2 heteroatoms. The minimum atomic E-state index is 1.01. The molecule has 0 spiro atoms. The summed E-state index contributed by atoms with van der Waals surface area (Å²) in [6.07, 6.45) is 1.82. The third kappa shape index (κ3) is 3.37. The topological polar surface area (TPSA) is 16.1 Å². The first-order chi connectivity index (χ1) is 5.70. The molecule has 0 bridgehead atoms. The van der Waals surface area contributed by atoms with Crippen LogP contribution in [0, 0.1) is 6.92 Å². The van der Waals surface area contributed by atoms with E-state index in [1.165, 1.54) is 5.56 Å². The summed E-state index contributed by atoms with van der Waals surface area (Å²) in [5.41, 5.74) is 1.25. The minimum Gasteiger partial charge on any atom is -0.363 e. The lowest BCUT2D eigenvalue weighted by molar-refractivity contribution is 1.06. The normalized spacial score (nSPS) is 8.42. The molecular formula is C10H18N2. The fraction of sp³-hybridized carbons (Fsp3) is 0.500. The van der Waals surface area contributed by atoms with E-state index in [2.05, 4.69) is 18.0 Å². The average molecular weight is 166 g/mol. The zero-order valence-corrected chi connectivity index (χ0v) is 8.63. The molecule has 1 heterocycles. The van der Waals surface area contributed by atoms with E-state index in [-0.39, 0.29) is 0 Å². The quantitative estimate of drug-likeness (QED) is 0.637. The lowest BCUT2D eigenvalue weighted by Crippen LogP contribution is -2.10. The third-order valence-electron chi connectivity index (χ3n) is 1.36. The van der Waals surface area contributed by atoms with Gasteiger partial charge in [-0.1, -0.05) is 13.8 Å². The van der Waals surface area contributed by atoms with E-state index in [0.717, 1.165) is 5.82 Å². The molecule has 0 aliphatic carbocycles. The van der Waals surface area contributed by atoms with Crippen LogP contribution in [0.2, 0.25) is 0 Å². The largest absolute Gasteiger partial charge is 0.363 e. The third-order valence-corrected chi connectivity index (χ3v) is 1.36. The average Bonchev–Trinajstić information content (AvgIpc) is 2.08. The fourth-order valence-electron chi connectivity index (χ4n) is 0.765. The van der Waals surface area contributed by atoms with Crippen molar-refractivity contribution in [2.45, 2.75) is 20.8 Å². The molecule has 0 aliphatic rings. The van der Waals surface area contributed by atoms with Gasteiger partial charge in [-0.3, -0.25) is 0 Å². The van der Waals surface area contributed by atoms with Gasteiger partial charge in [-0.2, -0.15) is 0 Å². The summed E-state index contributed by atoms with van der Waals surface area (Å²) >= 11 is 0. The van der Waals surface area contributed by atoms with E-state index in [1.54, 1.807) is 0 Å². The molecule has 1 rings (SSSR count). The molecule has 12 heavy (non-hydrogen) atoms. The lowest BCUT2D eigenvalue weighted by atomic mass is 10.3. The lowest BCUT2D eigenvalue weighted by Gasteiger charge is -2.10. The van der Waals surface area contributed by atoms with Crippen molar-refractivity contribution in [1.82, 2.24) is 4.98 Å². The monoisotopic (exact) mass is 166 g/mol. The van der Waals surface area contributed by atoms with Crippen LogP contribution >= 0.6 is 0 Å². The van der Waals surface area contributed by atoms with Gasteiger partial charge in [0.1, 0.15) is 5.82 Å². The maximum atomic E-state index is 4.16. The molecule has 0 saturated heterocycles. The van der Waals surface area contributed by atoms with Gasteiger partial charge < -0.3 is 4.90 Å². The van der Waals surface area contributed by atoms with Crippen LogP contribution in [-0.2, 0) is 0 Å². The van der Waals surface area contributed by atoms with E-state index in [0.29, 0.717) is 0 Å². The smallest absolute Gasteiger partial charge is 0.128 e. The van der Waals surface area contributed by atoms with Crippen molar-refractivity contribution in [3.63, 3.8) is 0 Å². The van der Waals surface area contributed by atoms with Gasteiger partial charge in [-0.25, -0.2) is 4.98 Å². The summed E-state index contributed by atoms with van der Waals surface area (Å²) in [6, 6.07) is 4.05. The van der Waals surface area contributed by atoms with Crippen LogP contribution in [0.1, 0.15) is 19.4 Å². The number of rotatable bonds is 1. The standard InChI is InChI=1S/C8H12N2.C2H6/c1-7-4-5-9-8(6-7)10(2)3;1-2/h4-6H,1-3H3;1-2H3. The zero-order valence-electron chi connectivity index (χ0n) is 8.63. The number of anilines is 1. The van der Waals surface area contributed by atoms with Gasteiger partial charge in [-0.05, 0) is 24.6 Å². The van der Waals surface area contributed by atoms with Crippen molar-refractivity contribution in [2.75, 3.05) is 19.0 Å². The molecule has 0 aromatic carbocycles. The summed E-state index contributed by atoms with van der Waals surface area (Å²) in [7, 11) is 3.98. The Morgan fingerprint density at radius 3 is 2.17 bits per heavy atom. The Morgan fingerprint density at radius 1 is 1.25 bits per heavy atom. The molecule has 2 nitrogen and oxygen atoms in total. The van der Waals surface area contributed by atoms with Gasteiger partial charge in [0.25, 0.3) is 0 Å². The molecule has 1 aromatic heterocycles. The van der Waals surface area contributed by atoms with Crippen LogP contribution in [-0.4, -0.2) is 19.1 Å². The van der Waals surface area contributed by atoms with E-state index in [4.69, 9.17) is 0 Å². The molecule has 0 radical (unpaired) electrons. The highest BCUT2D eigenvalue weighted by Gasteiger charge is 1.93. The number of aryl methyl sites for hydroxylation is 1. The molecule has 0 fully saturated rings. The predicted octanol–water partition coefficient (Wildman–Crippen LogP) is 2.48. The molecule has 0 saturated carbocycles. The molecule has 68 valence electrons. The summed E-state index contributed by atoms with van der Waals surface area (Å²) in [5, 5.41) is 0. The molecule has 0 N–H and O–H groups in total. The maximum absolute atomic E-state index is 4.16. The fourth-order valence-corrected chi connectivity index (χ4v) is 0.765. The van der Waals surface area contributed by atoms with Crippen molar-refractivity contribution in [3.05, 3.63) is 23.9 Å². The molecule has 1 aromatic rings. The van der Waals surface area contributed by atoms with Gasteiger partial charge in [-0.15, -0.1) is 0 Å². The summed E-state index contributed by atoms with van der Waals surface area (Å²) < 4.78 is 0. The van der Waals surface area contributed by atoms with Crippen molar-refractivity contribution >= 4 is 5.82 Å². The van der Waals surface area contributed by atoms with Crippen molar-refractivity contribution < 1.29 is 0 Å². The zero-order chi connectivity index (χ0) is 9.56. The van der Waals surface area contributed by atoms with Crippen molar-refractivity contribution in [2.24, 2.45) is 0 Å². The second-order valence-corrected chi connectivity index (χ2v) is 2.59. The van der Waals surface area contributed by atoms with Gasteiger partial charge in [0.05, 0.1) is 0 Å². The minimum absolute atomic E-state index is 1.01. The Kier molecular flexibility index (Phi) is 5.09. The Balaban J connectivity index is 0.000000561. The Bertz CT molecular complexity index is 219. The maximum Gasteiger partial charge on any atom is 0.128 e. The van der Waals surface area contributed by atoms with Crippen LogP contribution in [0.4, 0.5) is 5.82 Å². The van der Waals surface area contributed by atoms with Gasteiger partial charge in [0, 0.05) is 20.3 Å². The van der Waals surface area contributed by atoms with Crippen molar-refractivity contribution in [3.8, 4) is 0 Å². The SMILES string of the molecule is CC.Cc1ccnc(N(C)C)c1. The van der Waals surface area contributed by atoms with Gasteiger partial charge in [0.15, 0.2) is 0 Å². The number of hydrogen-bond acceptors (Lipinski definition) is 2. The highest BCUT2D eigenvalue weighted by Crippen LogP contribution is 2.07. The van der Waals surface area contributed by atoms with E-state index in [9.17, 15) is 0 Å². The summed E-state index contributed by atoms with van der Waals surface area (Å²) in [5.74, 6) is 1.01. The van der Waals surface area contributed by atoms with Gasteiger partial charge in [0.2, 0.25) is 0 Å². The first-order valence-electron chi connectivity index (χ1n) is 4.30. The van der Waals surface area contributed by atoms with Crippen LogP contribution in [0.25, 0.3) is 0 Å². The van der Waals surface area contributed by atoms with Crippen LogP contribution < -0.4 is 4.90 Å². The highest BCUT2D eigenvalue weighted by molar-refractivity contribution is 5.38. The number of hydrogen-bond donors (Lipinski definition) is 0. The van der Waals surface area contributed by atoms with Crippen LogP contribution in [0.3, 0.4) is 0 Å². The molecule has 0 unspecified atom stereocenters. The Morgan fingerprint density at radius 2 is 1.83 bits per heavy atom. The first-order valence-corrected chi connectivity index (χ1v) is 4.30. The Labute approximate surface area is 75.2 Å². The molecular weight excluding hydrogens is 148 g/mol. The van der Waals surface area contributed by atoms with E-state index >= 15 is 0 Å². The predicted molar refractivity (Wildman–Crippen MR) is 54.6 cm³/mol. The number of pyridine rings is 1. The molecule has 0 amide bonds. The highest BCUT2D eigenvalue weighted by atomic mass is 15.1. The van der Waals surface area contributed by atoms with Crippen molar-refractivity contribution in [1.29, 1.82) is 0 Å². The first kappa shape index (κ1) is 11.0. The van der Waals surface area contributed by atoms with Crippen LogP contribution in [0.5, 0.6) is 0 Å². The second kappa shape index (κ2) is 5.58. The summed E-state index contributed by atoms with van der Waals surface area (Å²) in [4.78, 5) is 6.16. The second-order valence-electron chi connectivity index (χ2n) is 2.59. The van der Waals surface area contributed by atoms with Gasteiger partial charge >= 0.3 is 0 Å². The van der Waals surface area contributed by atoms with E-state index < -0.39 is 0 Å². The summed E-state index contributed by atoms with van der Waals surface area (Å²) in [6.45, 7) is 6.06.